The fourth-order valence-corrected chi connectivity index (χ4v) is 1.50. The van der Waals surface area contributed by atoms with Crippen LogP contribution in [0.2, 0.25) is 0 Å². The van der Waals surface area contributed by atoms with E-state index >= 15 is 0 Å². The van der Waals surface area contributed by atoms with Gasteiger partial charge in [-0.3, -0.25) is 9.48 Å². The highest BCUT2D eigenvalue weighted by Crippen LogP contribution is 2.12. The smallest absolute Gasteiger partial charge is 0.239 e. The molecule has 0 spiro atoms. The molecule has 0 radical (unpaired) electrons. The van der Waals surface area contributed by atoms with Crippen LogP contribution in [-0.4, -0.2) is 28.8 Å². The second-order valence-electron chi connectivity index (χ2n) is 4.57. The molecule has 0 aliphatic rings. The SMILES string of the molecule is CCc1nn(C)cc1NCC(=O)NCC(C)C. The van der Waals surface area contributed by atoms with Gasteiger partial charge in [-0.2, -0.15) is 5.10 Å². The third-order valence-corrected chi connectivity index (χ3v) is 2.39. The van der Waals surface area contributed by atoms with Gasteiger partial charge in [-0.05, 0) is 12.3 Å². The largest absolute Gasteiger partial charge is 0.373 e. The van der Waals surface area contributed by atoms with Crippen molar-refractivity contribution >= 4 is 11.6 Å². The van der Waals surface area contributed by atoms with E-state index in [4.69, 9.17) is 0 Å². The van der Waals surface area contributed by atoms with Crippen LogP contribution in [-0.2, 0) is 18.3 Å². The summed E-state index contributed by atoms with van der Waals surface area (Å²) in [6, 6.07) is 0. The molecule has 1 amide bonds. The van der Waals surface area contributed by atoms with E-state index in [1.165, 1.54) is 0 Å². The van der Waals surface area contributed by atoms with Crippen molar-refractivity contribution in [1.29, 1.82) is 0 Å². The predicted molar refractivity (Wildman–Crippen MR) is 68.9 cm³/mol. The lowest BCUT2D eigenvalue weighted by atomic mass is 10.2. The fraction of sp³-hybridized carbons (Fsp3) is 0.667. The molecule has 0 bridgehead atoms. The topological polar surface area (TPSA) is 59.0 Å². The Morgan fingerprint density at radius 3 is 2.82 bits per heavy atom. The van der Waals surface area contributed by atoms with Crippen LogP contribution in [0.5, 0.6) is 0 Å². The number of hydrogen-bond acceptors (Lipinski definition) is 3. The van der Waals surface area contributed by atoms with Gasteiger partial charge in [0.05, 0.1) is 17.9 Å². The summed E-state index contributed by atoms with van der Waals surface area (Å²) in [5, 5.41) is 10.3. The van der Waals surface area contributed by atoms with Crippen molar-refractivity contribution < 1.29 is 4.79 Å². The molecule has 1 heterocycles. The molecule has 17 heavy (non-hydrogen) atoms. The molecule has 0 aliphatic carbocycles. The lowest BCUT2D eigenvalue weighted by Gasteiger charge is -2.08. The van der Waals surface area contributed by atoms with Crippen LogP contribution >= 0.6 is 0 Å². The minimum atomic E-state index is 0.0182. The molecular formula is C12H22N4O. The quantitative estimate of drug-likeness (QED) is 0.782. The first-order valence-corrected chi connectivity index (χ1v) is 6.06. The summed E-state index contributed by atoms with van der Waals surface area (Å²) in [6.45, 7) is 7.21. The molecule has 1 aromatic rings. The van der Waals surface area contributed by atoms with Crippen molar-refractivity contribution in [3.63, 3.8) is 0 Å². The number of nitrogens with zero attached hydrogens (tertiary/aromatic N) is 2. The summed E-state index contributed by atoms with van der Waals surface area (Å²) in [7, 11) is 1.88. The Morgan fingerprint density at radius 1 is 1.53 bits per heavy atom. The lowest BCUT2D eigenvalue weighted by Crippen LogP contribution is -2.32. The van der Waals surface area contributed by atoms with Gasteiger partial charge in [0.1, 0.15) is 0 Å². The number of carbonyl (C=O) groups is 1. The monoisotopic (exact) mass is 238 g/mol. The maximum Gasteiger partial charge on any atom is 0.239 e. The molecule has 0 unspecified atom stereocenters. The zero-order valence-corrected chi connectivity index (χ0v) is 11.1. The van der Waals surface area contributed by atoms with Crippen molar-refractivity contribution in [1.82, 2.24) is 15.1 Å². The minimum Gasteiger partial charge on any atom is -0.373 e. The number of aryl methyl sites for hydroxylation is 2. The first-order chi connectivity index (χ1) is 8.02. The molecule has 0 aromatic carbocycles. The summed E-state index contributed by atoms with van der Waals surface area (Å²) < 4.78 is 1.76. The zero-order chi connectivity index (χ0) is 12.8. The molecule has 5 nitrogen and oxygen atoms in total. The Bertz CT molecular complexity index is 371. The Hall–Kier alpha value is -1.52. The Labute approximate surface area is 103 Å². The summed E-state index contributed by atoms with van der Waals surface area (Å²) in [4.78, 5) is 11.5. The number of rotatable bonds is 6. The molecule has 96 valence electrons. The number of anilines is 1. The summed E-state index contributed by atoms with van der Waals surface area (Å²) in [6.07, 6.45) is 2.76. The van der Waals surface area contributed by atoms with E-state index in [0.29, 0.717) is 19.0 Å². The molecule has 0 fully saturated rings. The lowest BCUT2D eigenvalue weighted by molar-refractivity contribution is -0.119. The van der Waals surface area contributed by atoms with E-state index in [1.54, 1.807) is 4.68 Å². The van der Waals surface area contributed by atoms with Crippen molar-refractivity contribution in [3.8, 4) is 0 Å². The predicted octanol–water partition coefficient (Wildman–Crippen LogP) is 1.17. The van der Waals surface area contributed by atoms with E-state index in [9.17, 15) is 4.79 Å². The van der Waals surface area contributed by atoms with Gasteiger partial charge in [-0.25, -0.2) is 0 Å². The molecular weight excluding hydrogens is 216 g/mol. The maximum atomic E-state index is 11.5. The molecule has 1 rings (SSSR count). The highest BCUT2D eigenvalue weighted by molar-refractivity contribution is 5.80. The number of amides is 1. The van der Waals surface area contributed by atoms with E-state index in [-0.39, 0.29) is 5.91 Å². The van der Waals surface area contributed by atoms with Crippen LogP contribution in [0, 0.1) is 5.92 Å². The minimum absolute atomic E-state index is 0.0182. The van der Waals surface area contributed by atoms with Crippen LogP contribution in [0.15, 0.2) is 6.20 Å². The average molecular weight is 238 g/mol. The highest BCUT2D eigenvalue weighted by Gasteiger charge is 2.07. The second-order valence-corrected chi connectivity index (χ2v) is 4.57. The average Bonchev–Trinajstić information content (AvgIpc) is 2.64. The first-order valence-electron chi connectivity index (χ1n) is 6.06. The molecule has 2 N–H and O–H groups in total. The first kappa shape index (κ1) is 13.5. The third kappa shape index (κ3) is 4.46. The van der Waals surface area contributed by atoms with Crippen molar-refractivity contribution in [2.75, 3.05) is 18.4 Å². The third-order valence-electron chi connectivity index (χ3n) is 2.39. The Kier molecular flexibility index (Phi) is 5.00. The van der Waals surface area contributed by atoms with Gasteiger partial charge < -0.3 is 10.6 Å². The van der Waals surface area contributed by atoms with Gasteiger partial charge >= 0.3 is 0 Å². The second kappa shape index (κ2) is 6.27. The summed E-state index contributed by atoms with van der Waals surface area (Å²) in [5.74, 6) is 0.494. The van der Waals surface area contributed by atoms with Crippen molar-refractivity contribution in [2.45, 2.75) is 27.2 Å². The van der Waals surface area contributed by atoms with Crippen LogP contribution in [0.25, 0.3) is 0 Å². The van der Waals surface area contributed by atoms with Crippen LogP contribution in [0.4, 0.5) is 5.69 Å². The van der Waals surface area contributed by atoms with Crippen LogP contribution < -0.4 is 10.6 Å². The van der Waals surface area contributed by atoms with Crippen LogP contribution in [0.3, 0.4) is 0 Å². The number of nitrogens with one attached hydrogen (secondary N) is 2. The molecule has 0 saturated carbocycles. The molecule has 1 aromatic heterocycles. The maximum absolute atomic E-state index is 11.5. The highest BCUT2D eigenvalue weighted by atomic mass is 16.1. The molecule has 0 atom stereocenters. The Balaban J connectivity index is 2.41. The summed E-state index contributed by atoms with van der Waals surface area (Å²) in [5.41, 5.74) is 1.93. The van der Waals surface area contributed by atoms with Gasteiger partial charge in [0.2, 0.25) is 5.91 Å². The molecule has 0 aliphatic heterocycles. The van der Waals surface area contributed by atoms with E-state index in [1.807, 2.05) is 20.2 Å². The van der Waals surface area contributed by atoms with E-state index < -0.39 is 0 Å². The van der Waals surface area contributed by atoms with Crippen LogP contribution in [0.1, 0.15) is 26.5 Å². The fourth-order valence-electron chi connectivity index (χ4n) is 1.50. The van der Waals surface area contributed by atoms with E-state index in [0.717, 1.165) is 17.8 Å². The number of aromatic nitrogens is 2. The Morgan fingerprint density at radius 2 is 2.24 bits per heavy atom. The van der Waals surface area contributed by atoms with Crippen molar-refractivity contribution in [2.24, 2.45) is 13.0 Å². The van der Waals surface area contributed by atoms with Gasteiger partial charge in [0, 0.05) is 19.8 Å². The number of hydrogen-bond donors (Lipinski definition) is 2. The zero-order valence-electron chi connectivity index (χ0n) is 11.1. The van der Waals surface area contributed by atoms with Gasteiger partial charge in [-0.1, -0.05) is 20.8 Å². The van der Waals surface area contributed by atoms with Gasteiger partial charge in [0.15, 0.2) is 0 Å². The normalized spacial score (nSPS) is 10.6. The van der Waals surface area contributed by atoms with Crippen molar-refractivity contribution in [3.05, 3.63) is 11.9 Å². The molecule has 0 saturated heterocycles. The molecule has 5 heteroatoms. The van der Waals surface area contributed by atoms with Gasteiger partial charge in [0.25, 0.3) is 0 Å². The number of carbonyl (C=O) groups excluding carboxylic acids is 1. The standard InChI is InChI=1S/C12H22N4O/c1-5-10-11(8-16(4)15-10)13-7-12(17)14-6-9(2)3/h8-9,13H,5-7H2,1-4H3,(H,14,17). The summed E-state index contributed by atoms with van der Waals surface area (Å²) >= 11 is 0. The van der Waals surface area contributed by atoms with E-state index in [2.05, 4.69) is 29.6 Å². The van der Waals surface area contributed by atoms with Gasteiger partial charge in [-0.15, -0.1) is 0 Å².